The van der Waals surface area contributed by atoms with Crippen molar-refractivity contribution in [2.45, 2.75) is 19.9 Å². The molecule has 3 rings (SSSR count). The fraction of sp³-hybridized carbons (Fsp3) is 0.320. The molecule has 2 N–H and O–H groups in total. The van der Waals surface area contributed by atoms with Crippen molar-refractivity contribution in [2.24, 2.45) is 5.92 Å². The van der Waals surface area contributed by atoms with Crippen LogP contribution in [0.2, 0.25) is 0 Å². The number of ketones is 1. The number of fused-ring (bicyclic) bond motifs is 1. The summed E-state index contributed by atoms with van der Waals surface area (Å²) < 4.78 is 27.3. The summed E-state index contributed by atoms with van der Waals surface area (Å²) in [6.45, 7) is 2.99. The Bertz CT molecular complexity index is 1170. The van der Waals surface area contributed by atoms with Crippen molar-refractivity contribution in [3.8, 4) is 28.7 Å². The standard InChI is InChI=1S/C25H27NO9/c1-13(2)21(25(29)30)26-20(27)12-34-15-7-8-16-18(11-15)35-19(22(16)28)10-14-6-9-17(31-3)24(33-5)23(14)32-4/h6-11,13,21H,12H2,1-5H3,(H,26,27)(H,29,30)/t21-/m1/s1. The largest absolute Gasteiger partial charge is 0.493 e. The van der Waals surface area contributed by atoms with Crippen LogP contribution in [0.15, 0.2) is 36.1 Å². The molecule has 0 aromatic heterocycles. The topological polar surface area (TPSA) is 130 Å². The first-order chi connectivity index (χ1) is 16.7. The van der Waals surface area contributed by atoms with Gasteiger partial charge in [0.1, 0.15) is 17.5 Å². The lowest BCUT2D eigenvalue weighted by Gasteiger charge is -2.18. The molecule has 0 spiro atoms. The number of ether oxygens (including phenoxy) is 5. The highest BCUT2D eigenvalue weighted by atomic mass is 16.5. The van der Waals surface area contributed by atoms with E-state index in [1.165, 1.54) is 45.6 Å². The third-order valence-corrected chi connectivity index (χ3v) is 5.28. The number of Topliss-reactive ketones (excluding diaryl/α,β-unsaturated/α-hetero) is 1. The predicted octanol–water partition coefficient (Wildman–Crippen LogP) is 2.93. The van der Waals surface area contributed by atoms with Gasteiger partial charge in [-0.1, -0.05) is 13.8 Å². The number of carboxylic acid groups (broad SMARTS) is 1. The number of carbonyl (C=O) groups is 3. The minimum absolute atomic E-state index is 0.0710. The van der Waals surface area contributed by atoms with Crippen LogP contribution in [0.25, 0.3) is 6.08 Å². The van der Waals surface area contributed by atoms with Crippen LogP contribution in [0.3, 0.4) is 0 Å². The fourth-order valence-electron chi connectivity index (χ4n) is 3.51. The minimum atomic E-state index is -1.12. The molecule has 1 aliphatic heterocycles. The average molecular weight is 485 g/mol. The number of amides is 1. The van der Waals surface area contributed by atoms with E-state index in [0.29, 0.717) is 28.4 Å². The number of allylic oxidation sites excluding steroid dienone is 1. The third-order valence-electron chi connectivity index (χ3n) is 5.28. The Hall–Kier alpha value is -4.21. The normalized spacial score (nSPS) is 14.2. The molecule has 1 amide bonds. The first-order valence-electron chi connectivity index (χ1n) is 10.7. The third kappa shape index (κ3) is 5.48. The maximum atomic E-state index is 12.9. The maximum Gasteiger partial charge on any atom is 0.326 e. The van der Waals surface area contributed by atoms with E-state index in [1.54, 1.807) is 26.0 Å². The zero-order valence-corrected chi connectivity index (χ0v) is 20.0. The predicted molar refractivity (Wildman–Crippen MR) is 125 cm³/mol. The van der Waals surface area contributed by atoms with Gasteiger partial charge in [-0.15, -0.1) is 0 Å². The van der Waals surface area contributed by atoms with Crippen LogP contribution in [-0.4, -0.2) is 56.7 Å². The molecular weight excluding hydrogens is 458 g/mol. The number of hydrogen-bond donors (Lipinski definition) is 2. The molecule has 0 unspecified atom stereocenters. The van der Waals surface area contributed by atoms with Crippen LogP contribution in [0, 0.1) is 5.92 Å². The van der Waals surface area contributed by atoms with Crippen LogP contribution in [0.5, 0.6) is 28.7 Å². The second-order valence-corrected chi connectivity index (χ2v) is 7.94. The Labute approximate surface area is 202 Å². The van der Waals surface area contributed by atoms with E-state index in [4.69, 9.17) is 23.7 Å². The lowest BCUT2D eigenvalue weighted by Crippen LogP contribution is -2.46. The highest BCUT2D eigenvalue weighted by Crippen LogP contribution is 2.42. The van der Waals surface area contributed by atoms with Gasteiger partial charge in [-0.25, -0.2) is 4.79 Å². The van der Waals surface area contributed by atoms with Crippen LogP contribution < -0.4 is 29.0 Å². The van der Waals surface area contributed by atoms with E-state index < -0.39 is 24.5 Å². The lowest BCUT2D eigenvalue weighted by atomic mass is 10.1. The van der Waals surface area contributed by atoms with Crippen molar-refractivity contribution in [3.63, 3.8) is 0 Å². The van der Waals surface area contributed by atoms with E-state index in [9.17, 15) is 19.5 Å². The summed E-state index contributed by atoms with van der Waals surface area (Å²) in [5.74, 6) is -0.464. The Morgan fingerprint density at radius 2 is 1.77 bits per heavy atom. The van der Waals surface area contributed by atoms with Gasteiger partial charge in [-0.05, 0) is 36.3 Å². The molecule has 0 radical (unpaired) electrons. The summed E-state index contributed by atoms with van der Waals surface area (Å²) in [5, 5.41) is 11.6. The van der Waals surface area contributed by atoms with Crippen molar-refractivity contribution in [1.29, 1.82) is 0 Å². The molecule has 0 bridgehead atoms. The molecule has 1 heterocycles. The van der Waals surface area contributed by atoms with Gasteiger partial charge >= 0.3 is 5.97 Å². The molecule has 10 heteroatoms. The summed E-state index contributed by atoms with van der Waals surface area (Å²) in [5.41, 5.74) is 0.880. The molecule has 0 saturated heterocycles. The van der Waals surface area contributed by atoms with Crippen molar-refractivity contribution in [3.05, 3.63) is 47.2 Å². The summed E-state index contributed by atoms with van der Waals surface area (Å²) in [7, 11) is 4.47. The van der Waals surface area contributed by atoms with Gasteiger partial charge in [0.15, 0.2) is 23.9 Å². The number of carboxylic acids is 1. The van der Waals surface area contributed by atoms with Crippen LogP contribution in [0.1, 0.15) is 29.8 Å². The number of rotatable bonds is 10. The van der Waals surface area contributed by atoms with Gasteiger partial charge in [0.25, 0.3) is 5.91 Å². The minimum Gasteiger partial charge on any atom is -0.493 e. The number of methoxy groups -OCH3 is 3. The van der Waals surface area contributed by atoms with Gasteiger partial charge < -0.3 is 34.1 Å². The van der Waals surface area contributed by atoms with Gasteiger partial charge in [-0.3, -0.25) is 9.59 Å². The van der Waals surface area contributed by atoms with Crippen molar-refractivity contribution >= 4 is 23.7 Å². The Kier molecular flexibility index (Phi) is 7.85. The molecule has 186 valence electrons. The highest BCUT2D eigenvalue weighted by molar-refractivity contribution is 6.14. The first-order valence-corrected chi connectivity index (χ1v) is 10.7. The fourth-order valence-corrected chi connectivity index (χ4v) is 3.51. The quantitative estimate of drug-likeness (QED) is 0.488. The van der Waals surface area contributed by atoms with Crippen molar-refractivity contribution in [1.82, 2.24) is 5.32 Å². The lowest BCUT2D eigenvalue weighted by molar-refractivity contribution is -0.143. The summed E-state index contributed by atoms with van der Waals surface area (Å²) in [6, 6.07) is 6.93. The Morgan fingerprint density at radius 3 is 2.37 bits per heavy atom. The number of nitrogens with one attached hydrogen (secondary N) is 1. The van der Waals surface area contributed by atoms with Crippen LogP contribution in [0.4, 0.5) is 0 Å². The summed E-state index contributed by atoms with van der Waals surface area (Å²) in [4.78, 5) is 36.2. The number of aliphatic carboxylic acids is 1. The molecule has 10 nitrogen and oxygen atoms in total. The SMILES string of the molecule is COc1ccc(C=C2Oc3cc(OCC(=O)N[C@@H](C(=O)O)C(C)C)ccc3C2=O)c(OC)c1OC. The zero-order valence-electron chi connectivity index (χ0n) is 20.0. The number of hydrogen-bond acceptors (Lipinski definition) is 8. The van der Waals surface area contributed by atoms with Crippen molar-refractivity contribution < 1.29 is 43.2 Å². The molecule has 1 aliphatic rings. The van der Waals surface area contributed by atoms with E-state index in [1.807, 2.05) is 0 Å². The van der Waals surface area contributed by atoms with Crippen molar-refractivity contribution in [2.75, 3.05) is 27.9 Å². The second-order valence-electron chi connectivity index (χ2n) is 7.94. The van der Waals surface area contributed by atoms with E-state index >= 15 is 0 Å². The molecule has 35 heavy (non-hydrogen) atoms. The van der Waals surface area contributed by atoms with Crippen LogP contribution in [-0.2, 0) is 9.59 Å². The van der Waals surface area contributed by atoms with Gasteiger partial charge in [0.2, 0.25) is 11.5 Å². The number of carbonyl (C=O) groups excluding carboxylic acids is 2. The Balaban J connectivity index is 1.76. The summed E-state index contributed by atoms with van der Waals surface area (Å²) in [6.07, 6.45) is 1.54. The monoisotopic (exact) mass is 485 g/mol. The van der Waals surface area contributed by atoms with Gasteiger partial charge in [-0.2, -0.15) is 0 Å². The highest BCUT2D eigenvalue weighted by Gasteiger charge is 2.29. The molecular formula is C25H27NO9. The van der Waals surface area contributed by atoms with Gasteiger partial charge in [0, 0.05) is 11.6 Å². The van der Waals surface area contributed by atoms with Gasteiger partial charge in [0.05, 0.1) is 26.9 Å². The molecule has 0 aliphatic carbocycles. The smallest absolute Gasteiger partial charge is 0.326 e. The molecule has 0 fully saturated rings. The maximum absolute atomic E-state index is 12.9. The number of benzene rings is 2. The van der Waals surface area contributed by atoms with E-state index in [0.717, 1.165) is 0 Å². The molecule has 2 aromatic rings. The Morgan fingerprint density at radius 1 is 1.06 bits per heavy atom. The van der Waals surface area contributed by atoms with E-state index in [-0.39, 0.29) is 29.0 Å². The van der Waals surface area contributed by atoms with E-state index in [2.05, 4.69) is 5.32 Å². The molecule has 0 saturated carbocycles. The molecule has 1 atom stereocenters. The summed E-state index contributed by atoms with van der Waals surface area (Å²) >= 11 is 0. The zero-order chi connectivity index (χ0) is 25.7. The average Bonchev–Trinajstić information content (AvgIpc) is 3.14. The second kappa shape index (κ2) is 10.8. The first kappa shape index (κ1) is 25.4. The molecule has 2 aromatic carbocycles. The van der Waals surface area contributed by atoms with Crippen LogP contribution >= 0.6 is 0 Å².